The molecular formula is C16H26N2. The van der Waals surface area contributed by atoms with E-state index in [0.717, 1.165) is 6.54 Å². The maximum Gasteiger partial charge on any atom is 0.0371 e. The van der Waals surface area contributed by atoms with Crippen molar-refractivity contribution in [2.24, 2.45) is 0 Å². The molecule has 0 aromatic heterocycles. The first kappa shape index (κ1) is 13.4. The second kappa shape index (κ2) is 5.75. The first-order chi connectivity index (χ1) is 8.61. The first-order valence-electron chi connectivity index (χ1n) is 7.15. The maximum atomic E-state index is 3.41. The molecule has 1 aliphatic heterocycles. The minimum atomic E-state index is 0.607. The van der Waals surface area contributed by atoms with E-state index in [1.807, 2.05) is 0 Å². The van der Waals surface area contributed by atoms with Crippen LogP contribution in [-0.4, -0.2) is 25.7 Å². The minimum Gasteiger partial charge on any atom is -0.369 e. The molecule has 1 aromatic carbocycles. The van der Waals surface area contributed by atoms with E-state index in [1.54, 1.807) is 0 Å². The summed E-state index contributed by atoms with van der Waals surface area (Å²) in [5, 5.41) is 3.41. The molecule has 2 atom stereocenters. The Morgan fingerprint density at radius 1 is 1.33 bits per heavy atom. The number of benzene rings is 1. The van der Waals surface area contributed by atoms with Gasteiger partial charge in [0.15, 0.2) is 0 Å². The molecule has 0 radical (unpaired) electrons. The zero-order valence-electron chi connectivity index (χ0n) is 12.1. The van der Waals surface area contributed by atoms with Crippen molar-refractivity contribution in [1.29, 1.82) is 0 Å². The summed E-state index contributed by atoms with van der Waals surface area (Å²) in [5.41, 5.74) is 2.83. The van der Waals surface area contributed by atoms with E-state index >= 15 is 0 Å². The number of rotatable bonds is 3. The van der Waals surface area contributed by atoms with Gasteiger partial charge in [0.25, 0.3) is 0 Å². The van der Waals surface area contributed by atoms with Crippen LogP contribution < -0.4 is 10.2 Å². The predicted octanol–water partition coefficient (Wildman–Crippen LogP) is 3.39. The Kier molecular flexibility index (Phi) is 4.28. The van der Waals surface area contributed by atoms with Gasteiger partial charge in [0.05, 0.1) is 0 Å². The Bertz CT molecular complexity index is 386. The van der Waals surface area contributed by atoms with Gasteiger partial charge in [0, 0.05) is 24.3 Å². The summed E-state index contributed by atoms with van der Waals surface area (Å²) in [7, 11) is 2.08. The average molecular weight is 246 g/mol. The van der Waals surface area contributed by atoms with E-state index in [0.29, 0.717) is 18.0 Å². The molecule has 2 nitrogen and oxygen atoms in total. The van der Waals surface area contributed by atoms with Gasteiger partial charge >= 0.3 is 0 Å². The van der Waals surface area contributed by atoms with Crippen LogP contribution in [0.3, 0.4) is 0 Å². The third-order valence-electron chi connectivity index (χ3n) is 4.15. The molecular weight excluding hydrogens is 220 g/mol. The van der Waals surface area contributed by atoms with Crippen LogP contribution in [-0.2, 0) is 0 Å². The molecule has 1 saturated heterocycles. The highest BCUT2D eigenvalue weighted by atomic mass is 15.2. The third kappa shape index (κ3) is 2.86. The number of nitrogens with one attached hydrogen (secondary N) is 1. The van der Waals surface area contributed by atoms with Crippen LogP contribution in [0.4, 0.5) is 5.69 Å². The molecule has 1 N–H and O–H groups in total. The molecule has 1 fully saturated rings. The molecule has 0 spiro atoms. The summed E-state index contributed by atoms with van der Waals surface area (Å²) in [6, 6.07) is 10.4. The Morgan fingerprint density at radius 3 is 2.72 bits per heavy atom. The monoisotopic (exact) mass is 246 g/mol. The molecule has 2 rings (SSSR count). The first-order valence-corrected chi connectivity index (χ1v) is 7.15. The van der Waals surface area contributed by atoms with E-state index in [1.165, 1.54) is 24.1 Å². The highest BCUT2D eigenvalue weighted by Crippen LogP contribution is 2.27. The second-order valence-electron chi connectivity index (χ2n) is 5.80. The average Bonchev–Trinajstić information content (AvgIpc) is 2.38. The quantitative estimate of drug-likeness (QED) is 0.879. The number of hydrogen-bond donors (Lipinski definition) is 1. The molecule has 2 heteroatoms. The van der Waals surface area contributed by atoms with Crippen LogP contribution in [0.15, 0.2) is 24.3 Å². The molecule has 1 aromatic rings. The summed E-state index contributed by atoms with van der Waals surface area (Å²) in [6.07, 6.45) is 2.48. The lowest BCUT2D eigenvalue weighted by Crippen LogP contribution is -2.46. The predicted molar refractivity (Wildman–Crippen MR) is 79.4 cm³/mol. The highest BCUT2D eigenvalue weighted by Gasteiger charge is 2.24. The van der Waals surface area contributed by atoms with Crippen molar-refractivity contribution in [2.75, 3.05) is 18.5 Å². The van der Waals surface area contributed by atoms with Gasteiger partial charge in [-0.3, -0.25) is 0 Å². The van der Waals surface area contributed by atoms with Gasteiger partial charge < -0.3 is 10.2 Å². The number of piperidine rings is 1. The molecule has 0 amide bonds. The van der Waals surface area contributed by atoms with Crippen LogP contribution in [0, 0.1) is 0 Å². The van der Waals surface area contributed by atoms with Gasteiger partial charge in [0.1, 0.15) is 0 Å². The Hall–Kier alpha value is -1.02. The summed E-state index contributed by atoms with van der Waals surface area (Å²) in [5.74, 6) is 0.607. The second-order valence-corrected chi connectivity index (χ2v) is 5.80. The van der Waals surface area contributed by atoms with Gasteiger partial charge in [-0.05, 0) is 50.4 Å². The number of nitrogens with zero attached hydrogens (tertiary/aromatic N) is 1. The minimum absolute atomic E-state index is 0.607. The van der Waals surface area contributed by atoms with Crippen molar-refractivity contribution in [3.63, 3.8) is 0 Å². The maximum absolute atomic E-state index is 3.41. The lowest BCUT2D eigenvalue weighted by atomic mass is 9.96. The summed E-state index contributed by atoms with van der Waals surface area (Å²) >= 11 is 0. The van der Waals surface area contributed by atoms with E-state index in [-0.39, 0.29) is 0 Å². The van der Waals surface area contributed by atoms with Crippen LogP contribution >= 0.6 is 0 Å². The molecule has 0 aliphatic carbocycles. The van der Waals surface area contributed by atoms with Gasteiger partial charge in [-0.2, -0.15) is 0 Å². The van der Waals surface area contributed by atoms with Gasteiger partial charge in [-0.15, -0.1) is 0 Å². The van der Waals surface area contributed by atoms with Crippen LogP contribution in [0.1, 0.15) is 45.1 Å². The summed E-state index contributed by atoms with van der Waals surface area (Å²) in [6.45, 7) is 8.02. The van der Waals surface area contributed by atoms with Crippen LogP contribution in [0.25, 0.3) is 0 Å². The lowest BCUT2D eigenvalue weighted by molar-refractivity contribution is 0.387. The zero-order valence-corrected chi connectivity index (χ0v) is 12.1. The smallest absolute Gasteiger partial charge is 0.0371 e. The summed E-state index contributed by atoms with van der Waals surface area (Å²) in [4.78, 5) is 2.56. The Labute approximate surface area is 111 Å². The topological polar surface area (TPSA) is 15.3 Å². The Balaban J connectivity index is 2.14. The number of hydrogen-bond acceptors (Lipinski definition) is 2. The van der Waals surface area contributed by atoms with E-state index in [4.69, 9.17) is 0 Å². The van der Waals surface area contributed by atoms with Crippen LogP contribution in [0.2, 0.25) is 0 Å². The molecule has 0 bridgehead atoms. The lowest BCUT2D eigenvalue weighted by Gasteiger charge is -2.39. The Morgan fingerprint density at radius 2 is 2.11 bits per heavy atom. The van der Waals surface area contributed by atoms with E-state index in [9.17, 15) is 0 Å². The molecule has 1 aliphatic rings. The normalized spacial score (nSPS) is 24.6. The zero-order chi connectivity index (χ0) is 13.1. The van der Waals surface area contributed by atoms with Gasteiger partial charge in [0.2, 0.25) is 0 Å². The fourth-order valence-corrected chi connectivity index (χ4v) is 2.88. The molecule has 100 valence electrons. The van der Waals surface area contributed by atoms with Crippen molar-refractivity contribution in [2.45, 2.75) is 51.6 Å². The van der Waals surface area contributed by atoms with E-state index in [2.05, 4.69) is 62.3 Å². The van der Waals surface area contributed by atoms with Crippen LogP contribution in [0.5, 0.6) is 0 Å². The summed E-state index contributed by atoms with van der Waals surface area (Å²) < 4.78 is 0. The molecule has 2 unspecified atom stereocenters. The molecule has 1 heterocycles. The van der Waals surface area contributed by atoms with Crippen molar-refractivity contribution < 1.29 is 0 Å². The van der Waals surface area contributed by atoms with Gasteiger partial charge in [-0.25, -0.2) is 0 Å². The molecule has 18 heavy (non-hydrogen) atoms. The highest BCUT2D eigenvalue weighted by molar-refractivity contribution is 5.50. The van der Waals surface area contributed by atoms with Crippen molar-refractivity contribution >= 4 is 5.69 Å². The third-order valence-corrected chi connectivity index (χ3v) is 4.15. The fraction of sp³-hybridized carbons (Fsp3) is 0.625. The van der Waals surface area contributed by atoms with E-state index < -0.39 is 0 Å². The largest absolute Gasteiger partial charge is 0.369 e. The van der Waals surface area contributed by atoms with Gasteiger partial charge in [-0.1, -0.05) is 26.0 Å². The number of anilines is 1. The molecule has 0 saturated carbocycles. The van der Waals surface area contributed by atoms with Crippen molar-refractivity contribution in [3.05, 3.63) is 29.8 Å². The van der Waals surface area contributed by atoms with Crippen molar-refractivity contribution in [1.82, 2.24) is 5.32 Å². The standard InChI is InChI=1S/C16H26N2/c1-12(2)14-6-5-7-16(11-14)18-9-8-15(17-4)10-13(18)3/h5-7,11-13,15,17H,8-10H2,1-4H3. The SMILES string of the molecule is CNC1CCN(c2cccc(C(C)C)c2)C(C)C1. The fourth-order valence-electron chi connectivity index (χ4n) is 2.88. The van der Waals surface area contributed by atoms with Crippen molar-refractivity contribution in [3.8, 4) is 0 Å².